The molecule has 6 nitrogen and oxygen atoms in total. The fourth-order valence-corrected chi connectivity index (χ4v) is 2.04. The summed E-state index contributed by atoms with van der Waals surface area (Å²) in [5.41, 5.74) is 5.09. The number of nitrogens with zero attached hydrogens (tertiary/aromatic N) is 1. The molecule has 0 saturated heterocycles. The lowest BCUT2D eigenvalue weighted by molar-refractivity contribution is -0.385. The number of carbonyl (C=O) groups is 1. The molecule has 0 saturated carbocycles. The predicted molar refractivity (Wildman–Crippen MR) is 80.8 cm³/mol. The quantitative estimate of drug-likeness (QED) is 0.498. The molecule has 0 aliphatic heterocycles. The average Bonchev–Trinajstić information content (AvgIpc) is 2.41. The van der Waals surface area contributed by atoms with Crippen LogP contribution in [0.3, 0.4) is 0 Å². The van der Waals surface area contributed by atoms with Crippen LogP contribution in [0.1, 0.15) is 10.4 Å². The fourth-order valence-electron chi connectivity index (χ4n) is 1.55. The number of nitrogens with two attached hydrogens (primary N) is 1. The number of nitro benzene ring substituents is 1. The van der Waals surface area contributed by atoms with E-state index in [9.17, 15) is 14.9 Å². The fraction of sp³-hybridized carbons (Fsp3) is 0. The SMILES string of the molecule is NC(=O)c1ccc([N+](=O)[O-])c(Oc2ccccc2I)c1. The number of hydrogen-bond acceptors (Lipinski definition) is 4. The van der Waals surface area contributed by atoms with Crippen LogP contribution in [0, 0.1) is 13.7 Å². The van der Waals surface area contributed by atoms with Crippen LogP contribution in [0.4, 0.5) is 5.69 Å². The zero-order chi connectivity index (χ0) is 14.7. The Morgan fingerprint density at radius 2 is 1.90 bits per heavy atom. The number of nitro groups is 1. The molecule has 2 rings (SSSR count). The second kappa shape index (κ2) is 5.87. The van der Waals surface area contributed by atoms with Gasteiger partial charge in [-0.05, 0) is 40.8 Å². The van der Waals surface area contributed by atoms with Crippen molar-refractivity contribution in [3.8, 4) is 11.5 Å². The van der Waals surface area contributed by atoms with Crippen molar-refractivity contribution in [3.05, 3.63) is 61.7 Å². The number of primary amides is 1. The molecular formula is C13H9IN2O4. The van der Waals surface area contributed by atoms with Gasteiger partial charge in [0.05, 0.1) is 8.49 Å². The van der Waals surface area contributed by atoms with Crippen LogP contribution in [0.25, 0.3) is 0 Å². The van der Waals surface area contributed by atoms with Crippen molar-refractivity contribution in [2.24, 2.45) is 5.73 Å². The average molecular weight is 384 g/mol. The second-order valence-corrected chi connectivity index (χ2v) is 5.00. The number of benzene rings is 2. The lowest BCUT2D eigenvalue weighted by Gasteiger charge is -2.08. The maximum atomic E-state index is 11.1. The molecule has 102 valence electrons. The van der Waals surface area contributed by atoms with Crippen molar-refractivity contribution < 1.29 is 14.5 Å². The van der Waals surface area contributed by atoms with Gasteiger partial charge in [0.15, 0.2) is 0 Å². The molecule has 1 amide bonds. The van der Waals surface area contributed by atoms with Crippen molar-refractivity contribution >= 4 is 34.2 Å². The van der Waals surface area contributed by atoms with E-state index in [1.165, 1.54) is 18.2 Å². The minimum absolute atomic E-state index is 0.0181. The van der Waals surface area contributed by atoms with Gasteiger partial charge in [0.1, 0.15) is 5.75 Å². The minimum atomic E-state index is -0.674. The van der Waals surface area contributed by atoms with E-state index in [2.05, 4.69) is 22.6 Å². The highest BCUT2D eigenvalue weighted by molar-refractivity contribution is 14.1. The third-order valence-corrected chi connectivity index (χ3v) is 3.39. The number of carbonyl (C=O) groups excluding carboxylic acids is 1. The first-order chi connectivity index (χ1) is 9.49. The Kier molecular flexibility index (Phi) is 4.18. The molecule has 0 unspecified atom stereocenters. The largest absolute Gasteiger partial charge is 0.449 e. The summed E-state index contributed by atoms with van der Waals surface area (Å²) in [7, 11) is 0. The first-order valence-electron chi connectivity index (χ1n) is 5.49. The summed E-state index contributed by atoms with van der Waals surface area (Å²) in [5.74, 6) is -0.222. The number of para-hydroxylation sites is 1. The van der Waals surface area contributed by atoms with Gasteiger partial charge in [0.25, 0.3) is 0 Å². The first-order valence-corrected chi connectivity index (χ1v) is 6.57. The van der Waals surface area contributed by atoms with Gasteiger partial charge in [-0.2, -0.15) is 0 Å². The summed E-state index contributed by atoms with van der Waals surface area (Å²) in [4.78, 5) is 21.6. The molecule has 0 radical (unpaired) electrons. The van der Waals surface area contributed by atoms with Crippen molar-refractivity contribution in [2.75, 3.05) is 0 Å². The Labute approximate surface area is 127 Å². The zero-order valence-electron chi connectivity index (χ0n) is 10.1. The molecule has 0 aromatic heterocycles. The molecule has 20 heavy (non-hydrogen) atoms. The molecule has 0 fully saturated rings. The number of rotatable bonds is 4. The van der Waals surface area contributed by atoms with Gasteiger partial charge in [-0.1, -0.05) is 12.1 Å². The van der Waals surface area contributed by atoms with Crippen molar-refractivity contribution in [1.82, 2.24) is 0 Å². The number of amides is 1. The standard InChI is InChI=1S/C13H9IN2O4/c14-9-3-1-2-4-11(9)20-12-7-8(13(15)17)5-6-10(12)16(18)19/h1-7H,(H2,15,17). The van der Waals surface area contributed by atoms with E-state index in [1.54, 1.807) is 18.2 Å². The molecule has 7 heteroatoms. The van der Waals surface area contributed by atoms with Gasteiger partial charge >= 0.3 is 5.69 Å². The van der Waals surface area contributed by atoms with E-state index in [1.807, 2.05) is 6.07 Å². The topological polar surface area (TPSA) is 95.5 Å². The maximum absolute atomic E-state index is 11.1. The monoisotopic (exact) mass is 384 g/mol. The van der Waals surface area contributed by atoms with Crippen molar-refractivity contribution in [1.29, 1.82) is 0 Å². The Morgan fingerprint density at radius 1 is 1.20 bits per heavy atom. The highest BCUT2D eigenvalue weighted by atomic mass is 127. The van der Waals surface area contributed by atoms with E-state index in [0.29, 0.717) is 5.75 Å². The van der Waals surface area contributed by atoms with Crippen LogP contribution in [0.5, 0.6) is 11.5 Å². The number of hydrogen-bond donors (Lipinski definition) is 1. The molecule has 0 atom stereocenters. The summed E-state index contributed by atoms with van der Waals surface area (Å²) >= 11 is 2.05. The highest BCUT2D eigenvalue weighted by Gasteiger charge is 2.18. The van der Waals surface area contributed by atoms with Gasteiger partial charge in [0, 0.05) is 17.7 Å². The lowest BCUT2D eigenvalue weighted by atomic mass is 10.2. The smallest absolute Gasteiger partial charge is 0.311 e. The van der Waals surface area contributed by atoms with E-state index in [4.69, 9.17) is 10.5 Å². The summed E-state index contributed by atoms with van der Waals surface area (Å²) in [5, 5.41) is 11.0. The van der Waals surface area contributed by atoms with Gasteiger partial charge < -0.3 is 10.5 Å². The summed E-state index contributed by atoms with van der Waals surface area (Å²) in [6.45, 7) is 0. The highest BCUT2D eigenvalue weighted by Crippen LogP contribution is 2.34. The van der Waals surface area contributed by atoms with Gasteiger partial charge in [-0.3, -0.25) is 14.9 Å². The summed E-state index contributed by atoms with van der Waals surface area (Å²) in [6.07, 6.45) is 0. The van der Waals surface area contributed by atoms with Gasteiger partial charge in [-0.15, -0.1) is 0 Å². The minimum Gasteiger partial charge on any atom is -0.449 e. The van der Waals surface area contributed by atoms with Gasteiger partial charge in [-0.25, -0.2) is 0 Å². The molecule has 0 heterocycles. The van der Waals surface area contributed by atoms with E-state index in [-0.39, 0.29) is 17.0 Å². The molecule has 2 N–H and O–H groups in total. The Hall–Kier alpha value is -2.16. The first kappa shape index (κ1) is 14.3. The zero-order valence-corrected chi connectivity index (χ0v) is 12.2. The van der Waals surface area contributed by atoms with Crippen LogP contribution in [-0.2, 0) is 0 Å². The lowest BCUT2D eigenvalue weighted by Crippen LogP contribution is -2.11. The summed E-state index contributed by atoms with van der Waals surface area (Å²) < 4.78 is 6.33. The van der Waals surface area contributed by atoms with E-state index < -0.39 is 10.8 Å². The molecule has 0 spiro atoms. The van der Waals surface area contributed by atoms with Crippen LogP contribution in [0.15, 0.2) is 42.5 Å². The Balaban J connectivity index is 2.48. The maximum Gasteiger partial charge on any atom is 0.311 e. The number of ether oxygens (including phenoxy) is 1. The molecule has 2 aromatic carbocycles. The van der Waals surface area contributed by atoms with E-state index >= 15 is 0 Å². The molecule has 0 bridgehead atoms. The number of halogens is 1. The molecule has 0 aliphatic carbocycles. The van der Waals surface area contributed by atoms with Crippen LogP contribution >= 0.6 is 22.6 Å². The second-order valence-electron chi connectivity index (χ2n) is 3.84. The Morgan fingerprint density at radius 3 is 2.50 bits per heavy atom. The van der Waals surface area contributed by atoms with Crippen LogP contribution in [-0.4, -0.2) is 10.8 Å². The Bertz CT molecular complexity index is 688. The third-order valence-electron chi connectivity index (χ3n) is 2.50. The predicted octanol–water partition coefficient (Wildman–Crippen LogP) is 3.09. The third kappa shape index (κ3) is 3.05. The summed E-state index contributed by atoms with van der Waals surface area (Å²) in [6, 6.07) is 10.8. The van der Waals surface area contributed by atoms with E-state index in [0.717, 1.165) is 3.57 Å². The van der Waals surface area contributed by atoms with Crippen LogP contribution < -0.4 is 10.5 Å². The molecule has 2 aromatic rings. The molecule has 0 aliphatic rings. The van der Waals surface area contributed by atoms with Gasteiger partial charge in [0.2, 0.25) is 11.7 Å². The van der Waals surface area contributed by atoms with Crippen LogP contribution in [0.2, 0.25) is 0 Å². The van der Waals surface area contributed by atoms with Crippen molar-refractivity contribution in [2.45, 2.75) is 0 Å². The molecular weight excluding hydrogens is 375 g/mol. The van der Waals surface area contributed by atoms with Crippen molar-refractivity contribution in [3.63, 3.8) is 0 Å². The normalized spacial score (nSPS) is 10.1.